The van der Waals surface area contributed by atoms with Crippen LogP contribution in [0.1, 0.15) is 25.7 Å². The van der Waals surface area contributed by atoms with E-state index >= 15 is 0 Å². The summed E-state index contributed by atoms with van der Waals surface area (Å²) in [6.45, 7) is 3.30. The number of hydrogen-bond donors (Lipinski definition) is 1. The number of hydrogen-bond acceptors (Lipinski definition) is 6. The lowest BCUT2D eigenvalue weighted by Gasteiger charge is -2.23. The quantitative estimate of drug-likeness (QED) is 0.924. The number of aromatic nitrogens is 2. The normalized spacial score (nSPS) is 21.0. The van der Waals surface area contributed by atoms with Crippen LogP contribution in [0, 0.1) is 5.92 Å². The maximum atomic E-state index is 11.6. The summed E-state index contributed by atoms with van der Waals surface area (Å²) >= 11 is 0. The Morgan fingerprint density at radius 1 is 1.24 bits per heavy atom. The minimum absolute atomic E-state index is 0.154. The monoisotopic (exact) mass is 341 g/mol. The SMILES string of the molecule is CC1Oc2cc(-c3nnc(/C=C/C4CCOCC4)o3)ccc2NC1=O. The number of nitrogens with one attached hydrogen (secondary N) is 1. The highest BCUT2D eigenvalue weighted by Gasteiger charge is 2.24. The number of amides is 1. The Kier molecular flexibility index (Phi) is 4.23. The van der Waals surface area contributed by atoms with E-state index in [1.165, 1.54) is 0 Å². The average Bonchev–Trinajstić information content (AvgIpc) is 3.10. The first-order valence-corrected chi connectivity index (χ1v) is 8.40. The average molecular weight is 341 g/mol. The van der Waals surface area contributed by atoms with Crippen LogP contribution in [0.5, 0.6) is 5.75 Å². The van der Waals surface area contributed by atoms with Gasteiger partial charge in [0.15, 0.2) is 6.10 Å². The third-order valence-electron chi connectivity index (χ3n) is 4.38. The van der Waals surface area contributed by atoms with Gasteiger partial charge in [0.05, 0.1) is 5.69 Å². The zero-order valence-electron chi connectivity index (χ0n) is 13.9. The summed E-state index contributed by atoms with van der Waals surface area (Å²) in [4.78, 5) is 11.6. The number of carbonyl (C=O) groups is 1. The Hall–Kier alpha value is -2.67. The second-order valence-corrected chi connectivity index (χ2v) is 6.21. The number of benzene rings is 1. The Morgan fingerprint density at radius 2 is 2.08 bits per heavy atom. The van der Waals surface area contributed by atoms with Crippen LogP contribution in [0.3, 0.4) is 0 Å². The van der Waals surface area contributed by atoms with Crippen molar-refractivity contribution in [2.75, 3.05) is 18.5 Å². The number of nitrogens with zero attached hydrogens (tertiary/aromatic N) is 2. The predicted molar refractivity (Wildman–Crippen MR) is 91.0 cm³/mol. The van der Waals surface area contributed by atoms with Gasteiger partial charge in [-0.25, -0.2) is 0 Å². The van der Waals surface area contributed by atoms with E-state index in [0.717, 1.165) is 31.6 Å². The molecule has 0 spiro atoms. The minimum Gasteiger partial charge on any atom is -0.479 e. The number of ether oxygens (including phenoxy) is 2. The Morgan fingerprint density at radius 3 is 2.92 bits per heavy atom. The standard InChI is InChI=1S/C18H19N3O4/c1-11-17(22)19-14-4-3-13(10-15(14)24-11)18-21-20-16(25-18)5-2-12-6-8-23-9-7-12/h2-5,10-12H,6-9H2,1H3,(H,19,22)/b5-2+. The second kappa shape index (κ2) is 6.68. The van der Waals surface area contributed by atoms with E-state index in [2.05, 4.69) is 21.6 Å². The third kappa shape index (κ3) is 3.41. The van der Waals surface area contributed by atoms with Crippen molar-refractivity contribution in [2.45, 2.75) is 25.9 Å². The van der Waals surface area contributed by atoms with Gasteiger partial charge in [-0.05, 0) is 50.0 Å². The van der Waals surface area contributed by atoms with Gasteiger partial charge in [-0.15, -0.1) is 10.2 Å². The zero-order chi connectivity index (χ0) is 17.2. The van der Waals surface area contributed by atoms with Crippen molar-refractivity contribution in [3.8, 4) is 17.2 Å². The van der Waals surface area contributed by atoms with E-state index in [1.54, 1.807) is 19.1 Å². The van der Waals surface area contributed by atoms with Gasteiger partial charge in [0.25, 0.3) is 5.91 Å². The molecule has 1 fully saturated rings. The molecule has 130 valence electrons. The van der Waals surface area contributed by atoms with Crippen molar-refractivity contribution in [1.29, 1.82) is 0 Å². The van der Waals surface area contributed by atoms with Crippen LogP contribution in [0.4, 0.5) is 5.69 Å². The molecule has 1 atom stereocenters. The van der Waals surface area contributed by atoms with Gasteiger partial charge < -0.3 is 19.2 Å². The molecule has 0 aliphatic carbocycles. The highest BCUT2D eigenvalue weighted by atomic mass is 16.5. The van der Waals surface area contributed by atoms with Crippen molar-refractivity contribution in [3.05, 3.63) is 30.2 Å². The highest BCUT2D eigenvalue weighted by molar-refractivity contribution is 5.97. The van der Waals surface area contributed by atoms with Crippen molar-refractivity contribution in [2.24, 2.45) is 5.92 Å². The number of anilines is 1. The minimum atomic E-state index is -0.525. The van der Waals surface area contributed by atoms with Gasteiger partial charge in [0.2, 0.25) is 11.8 Å². The molecule has 25 heavy (non-hydrogen) atoms. The van der Waals surface area contributed by atoms with E-state index in [1.807, 2.05) is 12.1 Å². The maximum absolute atomic E-state index is 11.6. The molecule has 2 aromatic rings. The van der Waals surface area contributed by atoms with Gasteiger partial charge in [-0.2, -0.15) is 0 Å². The lowest BCUT2D eigenvalue weighted by atomic mass is 10.00. The molecule has 1 unspecified atom stereocenters. The zero-order valence-corrected chi connectivity index (χ0v) is 13.9. The van der Waals surface area contributed by atoms with Gasteiger partial charge >= 0.3 is 0 Å². The molecule has 3 heterocycles. The molecule has 1 aromatic carbocycles. The molecule has 4 rings (SSSR count). The number of fused-ring (bicyclic) bond motifs is 1. The van der Waals surface area contributed by atoms with Gasteiger partial charge in [0, 0.05) is 18.8 Å². The van der Waals surface area contributed by atoms with E-state index in [9.17, 15) is 4.79 Å². The molecule has 0 radical (unpaired) electrons. The van der Waals surface area contributed by atoms with Crippen LogP contribution in [0.25, 0.3) is 17.5 Å². The van der Waals surface area contributed by atoms with Crippen LogP contribution in [0.15, 0.2) is 28.7 Å². The first-order chi connectivity index (χ1) is 12.2. The number of allylic oxidation sites excluding steroid dienone is 1. The summed E-state index contributed by atoms with van der Waals surface area (Å²) in [7, 11) is 0. The predicted octanol–water partition coefficient (Wildman–Crippen LogP) is 2.90. The fraction of sp³-hybridized carbons (Fsp3) is 0.389. The Bertz CT molecular complexity index is 808. The first-order valence-electron chi connectivity index (χ1n) is 8.40. The van der Waals surface area contributed by atoms with E-state index < -0.39 is 6.10 Å². The molecule has 7 heteroatoms. The molecule has 0 bridgehead atoms. The second-order valence-electron chi connectivity index (χ2n) is 6.21. The smallest absolute Gasteiger partial charge is 0.265 e. The summed E-state index contributed by atoms with van der Waals surface area (Å²) in [6, 6.07) is 5.39. The molecule has 2 aliphatic rings. The molecular formula is C18H19N3O4. The summed E-state index contributed by atoms with van der Waals surface area (Å²) in [5.74, 6) is 1.83. The van der Waals surface area contributed by atoms with Crippen LogP contribution < -0.4 is 10.1 Å². The number of rotatable bonds is 3. The lowest BCUT2D eigenvalue weighted by molar-refractivity contribution is -0.122. The van der Waals surface area contributed by atoms with Gasteiger partial charge in [0.1, 0.15) is 5.75 Å². The molecule has 1 amide bonds. The van der Waals surface area contributed by atoms with Crippen LogP contribution in [-0.4, -0.2) is 35.4 Å². The first kappa shape index (κ1) is 15.8. The van der Waals surface area contributed by atoms with Crippen LogP contribution in [-0.2, 0) is 9.53 Å². The largest absolute Gasteiger partial charge is 0.479 e. The molecular weight excluding hydrogens is 322 g/mol. The topological polar surface area (TPSA) is 86.5 Å². The summed E-state index contributed by atoms with van der Waals surface area (Å²) in [5.41, 5.74) is 1.39. The van der Waals surface area contributed by atoms with Crippen LogP contribution in [0.2, 0.25) is 0 Å². The molecule has 1 N–H and O–H groups in total. The number of carbonyl (C=O) groups excluding carboxylic acids is 1. The third-order valence-corrected chi connectivity index (χ3v) is 4.38. The fourth-order valence-electron chi connectivity index (χ4n) is 2.88. The molecule has 0 saturated carbocycles. The highest BCUT2D eigenvalue weighted by Crippen LogP contribution is 2.33. The van der Waals surface area contributed by atoms with Crippen molar-refractivity contribution < 1.29 is 18.7 Å². The Balaban J connectivity index is 1.51. The maximum Gasteiger partial charge on any atom is 0.265 e. The summed E-state index contributed by atoms with van der Waals surface area (Å²) < 4.78 is 16.7. The van der Waals surface area contributed by atoms with Crippen molar-refractivity contribution in [3.63, 3.8) is 0 Å². The van der Waals surface area contributed by atoms with Crippen LogP contribution >= 0.6 is 0 Å². The molecule has 7 nitrogen and oxygen atoms in total. The molecule has 1 aromatic heterocycles. The van der Waals surface area contributed by atoms with Gasteiger partial charge in [-0.3, -0.25) is 4.79 Å². The lowest BCUT2D eigenvalue weighted by Crippen LogP contribution is -2.34. The fourth-order valence-corrected chi connectivity index (χ4v) is 2.88. The molecule has 2 aliphatic heterocycles. The summed E-state index contributed by atoms with van der Waals surface area (Å²) in [6.07, 6.45) is 5.48. The van der Waals surface area contributed by atoms with Gasteiger partial charge in [-0.1, -0.05) is 6.08 Å². The van der Waals surface area contributed by atoms with E-state index in [0.29, 0.717) is 29.1 Å². The molecule has 1 saturated heterocycles. The van der Waals surface area contributed by atoms with E-state index in [-0.39, 0.29) is 5.91 Å². The van der Waals surface area contributed by atoms with E-state index in [4.69, 9.17) is 13.9 Å². The summed E-state index contributed by atoms with van der Waals surface area (Å²) in [5, 5.41) is 11.0. The Labute approximate surface area is 145 Å². The van der Waals surface area contributed by atoms with Crippen molar-refractivity contribution >= 4 is 17.7 Å². The van der Waals surface area contributed by atoms with Crippen molar-refractivity contribution in [1.82, 2.24) is 10.2 Å².